The summed E-state index contributed by atoms with van der Waals surface area (Å²) in [5.41, 5.74) is 1.53. The average molecular weight is 440 g/mol. The van der Waals surface area contributed by atoms with Crippen LogP contribution < -0.4 is 5.32 Å². The highest BCUT2D eigenvalue weighted by Gasteiger charge is 2.13. The van der Waals surface area contributed by atoms with Gasteiger partial charge in [0.25, 0.3) is 5.91 Å². The summed E-state index contributed by atoms with van der Waals surface area (Å²) in [4.78, 5) is 28.0. The number of hydrogen-bond acceptors (Lipinski definition) is 5. The number of rotatable bonds is 6. The van der Waals surface area contributed by atoms with Crippen molar-refractivity contribution < 1.29 is 14.3 Å². The number of benzene rings is 2. The molecule has 0 saturated heterocycles. The van der Waals surface area contributed by atoms with E-state index in [2.05, 4.69) is 15.4 Å². The van der Waals surface area contributed by atoms with Crippen LogP contribution in [0.25, 0.3) is 0 Å². The Morgan fingerprint density at radius 3 is 2.43 bits per heavy atom. The number of amides is 1. The lowest BCUT2D eigenvalue weighted by Crippen LogP contribution is -2.21. The van der Waals surface area contributed by atoms with Crippen molar-refractivity contribution in [1.82, 2.24) is 14.8 Å². The number of carbonyl (C=O) groups is 2. The van der Waals surface area contributed by atoms with Crippen LogP contribution in [-0.2, 0) is 16.1 Å². The van der Waals surface area contributed by atoms with Gasteiger partial charge in [0.05, 0.1) is 32.9 Å². The summed E-state index contributed by atoms with van der Waals surface area (Å²) in [5, 5.41) is 7.25. The molecule has 28 heavy (non-hydrogen) atoms. The molecule has 10 heteroatoms. The van der Waals surface area contributed by atoms with Gasteiger partial charge in [-0.15, -0.1) is 0 Å². The molecule has 1 heterocycles. The van der Waals surface area contributed by atoms with E-state index < -0.39 is 18.5 Å². The highest BCUT2D eigenvalue weighted by atomic mass is 35.5. The fourth-order valence-corrected chi connectivity index (χ4v) is 2.86. The van der Waals surface area contributed by atoms with Gasteiger partial charge in [0.1, 0.15) is 12.7 Å². The third-order valence-electron chi connectivity index (χ3n) is 3.62. The van der Waals surface area contributed by atoms with E-state index in [0.717, 1.165) is 5.56 Å². The lowest BCUT2D eigenvalue weighted by atomic mass is 10.1. The van der Waals surface area contributed by atoms with Gasteiger partial charge < -0.3 is 10.1 Å². The van der Waals surface area contributed by atoms with Crippen LogP contribution >= 0.6 is 34.8 Å². The van der Waals surface area contributed by atoms with Crippen LogP contribution in [0.5, 0.6) is 0 Å². The largest absolute Gasteiger partial charge is 0.452 e. The van der Waals surface area contributed by atoms with E-state index in [0.29, 0.717) is 12.1 Å². The second-order valence-electron chi connectivity index (χ2n) is 5.66. The van der Waals surface area contributed by atoms with Crippen molar-refractivity contribution >= 4 is 52.4 Å². The van der Waals surface area contributed by atoms with Gasteiger partial charge in [-0.25, -0.2) is 14.5 Å². The minimum atomic E-state index is -0.623. The third-order valence-corrected chi connectivity index (χ3v) is 4.65. The summed E-state index contributed by atoms with van der Waals surface area (Å²) in [6.45, 7) is 0.0538. The molecule has 144 valence electrons. The Hall–Kier alpha value is -2.61. The van der Waals surface area contributed by atoms with E-state index in [1.54, 1.807) is 35.3 Å². The predicted octanol–water partition coefficient (Wildman–Crippen LogP) is 4.08. The van der Waals surface area contributed by atoms with E-state index in [4.69, 9.17) is 39.5 Å². The molecule has 0 radical (unpaired) electrons. The molecule has 1 N–H and O–H groups in total. The molecule has 0 bridgehead atoms. The van der Waals surface area contributed by atoms with Crippen molar-refractivity contribution in [2.45, 2.75) is 6.54 Å². The highest BCUT2D eigenvalue weighted by molar-refractivity contribution is 6.44. The topological polar surface area (TPSA) is 86.1 Å². The van der Waals surface area contributed by atoms with Gasteiger partial charge in [0.2, 0.25) is 0 Å². The second kappa shape index (κ2) is 9.05. The SMILES string of the molecule is O=C(COC(=O)c1ccc(Cn2cncn2)cc1)Nc1cc(Cl)c(Cl)cc1Cl. The minimum Gasteiger partial charge on any atom is -0.452 e. The Labute approximate surface area is 175 Å². The molecule has 0 unspecified atom stereocenters. The molecule has 3 rings (SSSR count). The first-order valence-electron chi connectivity index (χ1n) is 7.95. The van der Waals surface area contributed by atoms with E-state index in [9.17, 15) is 9.59 Å². The Bertz CT molecular complexity index is 992. The monoisotopic (exact) mass is 438 g/mol. The van der Waals surface area contributed by atoms with Crippen molar-refractivity contribution in [2.24, 2.45) is 0 Å². The number of hydrogen-bond donors (Lipinski definition) is 1. The van der Waals surface area contributed by atoms with Crippen LogP contribution in [0.2, 0.25) is 15.1 Å². The number of carbonyl (C=O) groups excluding carboxylic acids is 2. The maximum absolute atomic E-state index is 12.1. The van der Waals surface area contributed by atoms with Crippen LogP contribution in [0, 0.1) is 0 Å². The molecule has 0 spiro atoms. The van der Waals surface area contributed by atoms with Crippen molar-refractivity contribution in [1.29, 1.82) is 0 Å². The van der Waals surface area contributed by atoms with E-state index in [1.807, 2.05) is 0 Å². The Morgan fingerprint density at radius 1 is 1.04 bits per heavy atom. The predicted molar refractivity (Wildman–Crippen MR) is 106 cm³/mol. The maximum Gasteiger partial charge on any atom is 0.338 e. The number of halogens is 3. The molecule has 0 fully saturated rings. The molecule has 0 aliphatic rings. The lowest BCUT2D eigenvalue weighted by Gasteiger charge is -2.09. The van der Waals surface area contributed by atoms with Crippen LogP contribution in [0.3, 0.4) is 0 Å². The lowest BCUT2D eigenvalue weighted by molar-refractivity contribution is -0.119. The molecule has 0 aliphatic carbocycles. The minimum absolute atomic E-state index is 0.219. The fourth-order valence-electron chi connectivity index (χ4n) is 2.27. The van der Waals surface area contributed by atoms with Gasteiger partial charge in [-0.05, 0) is 29.8 Å². The molecule has 3 aromatic rings. The van der Waals surface area contributed by atoms with Crippen molar-refractivity contribution in [3.05, 3.63) is 75.2 Å². The summed E-state index contributed by atoms with van der Waals surface area (Å²) < 4.78 is 6.68. The zero-order valence-corrected chi connectivity index (χ0v) is 16.5. The highest BCUT2D eigenvalue weighted by Crippen LogP contribution is 2.32. The van der Waals surface area contributed by atoms with Crippen LogP contribution in [0.15, 0.2) is 49.1 Å². The summed E-state index contributed by atoms with van der Waals surface area (Å²) in [6.07, 6.45) is 3.04. The summed E-state index contributed by atoms with van der Waals surface area (Å²) in [5.74, 6) is -1.18. The van der Waals surface area contributed by atoms with Gasteiger partial charge in [-0.1, -0.05) is 46.9 Å². The first kappa shape index (κ1) is 20.1. The molecule has 2 aromatic carbocycles. The van der Waals surface area contributed by atoms with Gasteiger partial charge in [-0.2, -0.15) is 5.10 Å². The normalized spacial score (nSPS) is 10.5. The van der Waals surface area contributed by atoms with Gasteiger partial charge in [0, 0.05) is 0 Å². The molecular weight excluding hydrogens is 427 g/mol. The van der Waals surface area contributed by atoms with Crippen molar-refractivity contribution in [2.75, 3.05) is 11.9 Å². The van der Waals surface area contributed by atoms with Crippen LogP contribution in [-0.4, -0.2) is 33.2 Å². The van der Waals surface area contributed by atoms with Crippen LogP contribution in [0.4, 0.5) is 5.69 Å². The summed E-state index contributed by atoms with van der Waals surface area (Å²) in [6, 6.07) is 9.60. The Kier molecular flexibility index (Phi) is 6.51. The molecule has 0 aliphatic heterocycles. The quantitative estimate of drug-likeness (QED) is 0.462. The number of aromatic nitrogens is 3. The molecule has 0 atom stereocenters. The fraction of sp³-hybridized carbons (Fsp3) is 0.111. The first-order chi connectivity index (χ1) is 13.4. The number of esters is 1. The van der Waals surface area contributed by atoms with E-state index in [1.165, 1.54) is 18.5 Å². The number of nitrogens with one attached hydrogen (secondary N) is 1. The zero-order valence-electron chi connectivity index (χ0n) is 14.2. The molecule has 1 aromatic heterocycles. The second-order valence-corrected chi connectivity index (χ2v) is 6.88. The molecule has 0 saturated carbocycles. The third kappa shape index (κ3) is 5.22. The van der Waals surface area contributed by atoms with Crippen LogP contribution in [0.1, 0.15) is 15.9 Å². The van der Waals surface area contributed by atoms with Gasteiger partial charge in [-0.3, -0.25) is 4.79 Å². The Balaban J connectivity index is 1.53. The number of ether oxygens (including phenoxy) is 1. The molecular formula is C18H13Cl3N4O3. The number of anilines is 1. The smallest absolute Gasteiger partial charge is 0.338 e. The molecule has 1 amide bonds. The van der Waals surface area contributed by atoms with Gasteiger partial charge in [0.15, 0.2) is 6.61 Å². The summed E-state index contributed by atoms with van der Waals surface area (Å²) >= 11 is 17.7. The van der Waals surface area contributed by atoms with Gasteiger partial charge >= 0.3 is 5.97 Å². The van der Waals surface area contributed by atoms with Crippen molar-refractivity contribution in [3.8, 4) is 0 Å². The molecule has 7 nitrogen and oxygen atoms in total. The summed E-state index contributed by atoms with van der Waals surface area (Å²) in [7, 11) is 0. The zero-order chi connectivity index (χ0) is 20.1. The standard InChI is InChI=1S/C18H13Cl3N4O3/c19-13-5-15(21)16(6-14(13)20)24-17(26)8-28-18(27)12-3-1-11(2-4-12)7-25-10-22-9-23-25/h1-6,9-10H,7-8H2,(H,24,26). The average Bonchev–Trinajstić information content (AvgIpc) is 3.18. The Morgan fingerprint density at radius 2 is 1.75 bits per heavy atom. The maximum atomic E-state index is 12.1. The van der Waals surface area contributed by atoms with E-state index >= 15 is 0 Å². The van der Waals surface area contributed by atoms with Crippen molar-refractivity contribution in [3.63, 3.8) is 0 Å². The van der Waals surface area contributed by atoms with E-state index in [-0.39, 0.29) is 20.8 Å². The number of nitrogens with zero attached hydrogens (tertiary/aromatic N) is 3. The first-order valence-corrected chi connectivity index (χ1v) is 9.08.